The Balaban J connectivity index is 1.60. The van der Waals surface area contributed by atoms with Gasteiger partial charge in [-0.1, -0.05) is 48.5 Å². The van der Waals surface area contributed by atoms with Crippen LogP contribution in [0.1, 0.15) is 12.0 Å². The molecule has 0 spiro atoms. The predicted octanol–water partition coefficient (Wildman–Crippen LogP) is 3.70. The SMILES string of the molecule is CSC[C@H]1CN(CCc2ccccc2)C(=O)[C@H]1CC(=O)Nc1ccccc1. The third-order valence-corrected chi connectivity index (χ3v) is 5.77. The van der Waals surface area contributed by atoms with Crippen LogP contribution in [0.3, 0.4) is 0 Å². The van der Waals surface area contributed by atoms with Crippen molar-refractivity contribution in [2.24, 2.45) is 11.8 Å². The number of carbonyl (C=O) groups excluding carboxylic acids is 2. The molecule has 27 heavy (non-hydrogen) atoms. The fourth-order valence-electron chi connectivity index (χ4n) is 3.62. The van der Waals surface area contributed by atoms with Crippen LogP contribution >= 0.6 is 11.8 Å². The molecule has 3 rings (SSSR count). The van der Waals surface area contributed by atoms with Gasteiger partial charge in [0.15, 0.2) is 0 Å². The van der Waals surface area contributed by atoms with E-state index in [2.05, 4.69) is 23.7 Å². The molecule has 2 aromatic rings. The standard InChI is InChI=1S/C22H26N2O2S/c1-27-16-18-15-24(13-12-17-8-4-2-5-9-17)22(26)20(18)14-21(25)23-19-10-6-3-7-11-19/h2-11,18,20H,12-16H2,1H3,(H,23,25)/t18-,20+/m1/s1. The smallest absolute Gasteiger partial charge is 0.226 e. The van der Waals surface area contributed by atoms with Crippen molar-refractivity contribution < 1.29 is 9.59 Å². The van der Waals surface area contributed by atoms with Gasteiger partial charge in [-0.25, -0.2) is 0 Å². The van der Waals surface area contributed by atoms with Crippen LogP contribution in [-0.2, 0) is 16.0 Å². The zero-order valence-electron chi connectivity index (χ0n) is 15.6. The number of carbonyl (C=O) groups is 2. The van der Waals surface area contributed by atoms with Crippen LogP contribution in [0.15, 0.2) is 60.7 Å². The van der Waals surface area contributed by atoms with E-state index in [1.807, 2.05) is 53.4 Å². The van der Waals surface area contributed by atoms with E-state index in [0.717, 1.165) is 24.4 Å². The molecule has 2 aromatic carbocycles. The Hall–Kier alpha value is -2.27. The highest BCUT2D eigenvalue weighted by atomic mass is 32.2. The average Bonchev–Trinajstić information content (AvgIpc) is 2.97. The normalized spacial score (nSPS) is 19.3. The van der Waals surface area contributed by atoms with Gasteiger partial charge in [0.2, 0.25) is 11.8 Å². The summed E-state index contributed by atoms with van der Waals surface area (Å²) in [5, 5.41) is 2.91. The molecule has 0 aliphatic carbocycles. The third kappa shape index (κ3) is 5.36. The number of thioether (sulfide) groups is 1. The minimum Gasteiger partial charge on any atom is -0.342 e. The summed E-state index contributed by atoms with van der Waals surface area (Å²) in [6.07, 6.45) is 3.15. The lowest BCUT2D eigenvalue weighted by molar-refractivity contribution is -0.133. The van der Waals surface area contributed by atoms with Gasteiger partial charge in [0.05, 0.1) is 5.92 Å². The Morgan fingerprint density at radius 3 is 2.44 bits per heavy atom. The molecule has 0 saturated carbocycles. The number of hydrogen-bond donors (Lipinski definition) is 1. The summed E-state index contributed by atoms with van der Waals surface area (Å²) in [7, 11) is 0. The molecule has 1 aliphatic rings. The Bertz CT molecular complexity index is 751. The molecule has 1 heterocycles. The van der Waals surface area contributed by atoms with Crippen molar-refractivity contribution in [2.75, 3.05) is 30.4 Å². The number of amides is 2. The van der Waals surface area contributed by atoms with E-state index in [0.29, 0.717) is 6.54 Å². The fraction of sp³-hybridized carbons (Fsp3) is 0.364. The molecule has 2 amide bonds. The number of benzene rings is 2. The van der Waals surface area contributed by atoms with Gasteiger partial charge in [0.1, 0.15) is 0 Å². The minimum atomic E-state index is -0.225. The van der Waals surface area contributed by atoms with Crippen molar-refractivity contribution in [1.29, 1.82) is 0 Å². The molecule has 1 N–H and O–H groups in total. The largest absolute Gasteiger partial charge is 0.342 e. The number of hydrogen-bond acceptors (Lipinski definition) is 3. The first-order valence-electron chi connectivity index (χ1n) is 9.34. The number of likely N-dealkylation sites (tertiary alicyclic amines) is 1. The Kier molecular flexibility index (Phi) is 6.93. The number of rotatable bonds is 8. The summed E-state index contributed by atoms with van der Waals surface area (Å²) in [5.74, 6) is 0.933. The van der Waals surface area contributed by atoms with Crippen molar-refractivity contribution in [3.63, 3.8) is 0 Å². The second kappa shape index (κ2) is 9.60. The Morgan fingerprint density at radius 2 is 1.78 bits per heavy atom. The van der Waals surface area contributed by atoms with E-state index in [-0.39, 0.29) is 30.1 Å². The lowest BCUT2D eigenvalue weighted by Crippen LogP contribution is -2.30. The van der Waals surface area contributed by atoms with Crippen molar-refractivity contribution in [2.45, 2.75) is 12.8 Å². The van der Waals surface area contributed by atoms with Crippen molar-refractivity contribution >= 4 is 29.3 Å². The number of para-hydroxylation sites is 1. The summed E-state index contributed by atoms with van der Waals surface area (Å²) >= 11 is 1.74. The van der Waals surface area contributed by atoms with Crippen molar-refractivity contribution in [3.05, 3.63) is 66.2 Å². The molecule has 0 radical (unpaired) electrons. The first-order chi connectivity index (χ1) is 13.2. The summed E-state index contributed by atoms with van der Waals surface area (Å²) in [6, 6.07) is 19.6. The maximum atomic E-state index is 12.9. The first kappa shape index (κ1) is 19.5. The van der Waals surface area contributed by atoms with Gasteiger partial charge in [-0.05, 0) is 42.0 Å². The first-order valence-corrected chi connectivity index (χ1v) is 10.7. The van der Waals surface area contributed by atoms with Crippen LogP contribution in [0.2, 0.25) is 0 Å². The average molecular weight is 383 g/mol. The van der Waals surface area contributed by atoms with Gasteiger partial charge in [0.25, 0.3) is 0 Å². The Labute approximate surface area is 165 Å². The van der Waals surface area contributed by atoms with Crippen LogP contribution in [0.4, 0.5) is 5.69 Å². The predicted molar refractivity (Wildman–Crippen MR) is 112 cm³/mol. The zero-order chi connectivity index (χ0) is 19.1. The van der Waals surface area contributed by atoms with Crippen LogP contribution < -0.4 is 5.32 Å². The lowest BCUT2D eigenvalue weighted by Gasteiger charge is -2.16. The van der Waals surface area contributed by atoms with Crippen molar-refractivity contribution in [1.82, 2.24) is 4.90 Å². The second-order valence-electron chi connectivity index (χ2n) is 6.96. The van der Waals surface area contributed by atoms with E-state index < -0.39 is 0 Å². The third-order valence-electron chi connectivity index (χ3n) is 5.01. The van der Waals surface area contributed by atoms with Gasteiger partial charge in [-0.15, -0.1) is 0 Å². The summed E-state index contributed by atoms with van der Waals surface area (Å²) in [5.41, 5.74) is 2.01. The fourth-order valence-corrected chi connectivity index (χ4v) is 4.38. The van der Waals surface area contributed by atoms with Crippen molar-refractivity contribution in [3.8, 4) is 0 Å². The Morgan fingerprint density at radius 1 is 1.11 bits per heavy atom. The number of nitrogens with one attached hydrogen (secondary N) is 1. The van der Waals surface area contributed by atoms with E-state index >= 15 is 0 Å². The highest BCUT2D eigenvalue weighted by Gasteiger charge is 2.40. The molecule has 0 bridgehead atoms. The van der Waals surface area contributed by atoms with E-state index in [1.165, 1.54) is 5.56 Å². The topological polar surface area (TPSA) is 49.4 Å². The lowest BCUT2D eigenvalue weighted by atomic mass is 9.93. The van der Waals surface area contributed by atoms with Crippen LogP contribution in [0.5, 0.6) is 0 Å². The van der Waals surface area contributed by atoms with Crippen LogP contribution in [-0.4, -0.2) is 41.8 Å². The molecule has 1 aliphatic heterocycles. The molecule has 1 fully saturated rings. The van der Waals surface area contributed by atoms with E-state index in [9.17, 15) is 9.59 Å². The van der Waals surface area contributed by atoms with Gasteiger partial charge in [-0.2, -0.15) is 11.8 Å². The highest BCUT2D eigenvalue weighted by molar-refractivity contribution is 7.98. The number of nitrogens with zero attached hydrogens (tertiary/aromatic N) is 1. The maximum Gasteiger partial charge on any atom is 0.226 e. The van der Waals surface area contributed by atoms with Gasteiger partial charge >= 0.3 is 0 Å². The van der Waals surface area contributed by atoms with Crippen LogP contribution in [0, 0.1) is 11.8 Å². The van der Waals surface area contributed by atoms with E-state index in [1.54, 1.807) is 11.8 Å². The monoisotopic (exact) mass is 382 g/mol. The summed E-state index contributed by atoms with van der Waals surface area (Å²) < 4.78 is 0. The molecule has 142 valence electrons. The van der Waals surface area contributed by atoms with Gasteiger partial charge in [-0.3, -0.25) is 9.59 Å². The highest BCUT2D eigenvalue weighted by Crippen LogP contribution is 2.30. The number of anilines is 1. The minimum absolute atomic E-state index is 0.0874. The quantitative estimate of drug-likeness (QED) is 0.757. The molecule has 5 heteroatoms. The molecular weight excluding hydrogens is 356 g/mol. The van der Waals surface area contributed by atoms with E-state index in [4.69, 9.17) is 0 Å². The van der Waals surface area contributed by atoms with Crippen LogP contribution in [0.25, 0.3) is 0 Å². The zero-order valence-corrected chi connectivity index (χ0v) is 16.5. The second-order valence-corrected chi connectivity index (χ2v) is 7.87. The molecule has 0 aromatic heterocycles. The summed E-state index contributed by atoms with van der Waals surface area (Å²) in [6.45, 7) is 1.46. The maximum absolute atomic E-state index is 12.9. The molecule has 2 atom stereocenters. The molecular formula is C22H26N2O2S. The summed E-state index contributed by atoms with van der Waals surface area (Å²) in [4.78, 5) is 27.3. The molecule has 0 unspecified atom stereocenters. The molecule has 1 saturated heterocycles. The van der Waals surface area contributed by atoms with Gasteiger partial charge < -0.3 is 10.2 Å². The molecule has 4 nitrogen and oxygen atoms in total. The van der Waals surface area contributed by atoms with Gasteiger partial charge in [0, 0.05) is 25.2 Å².